The SMILES string of the molecule is Cc1ccc(C[C@@H](CF)NC(=O)CCN)cc1. The minimum Gasteiger partial charge on any atom is -0.350 e. The summed E-state index contributed by atoms with van der Waals surface area (Å²) in [6.45, 7) is 1.72. The fraction of sp³-hybridized carbons (Fsp3) is 0.462. The summed E-state index contributed by atoms with van der Waals surface area (Å²) in [5.74, 6) is -0.192. The van der Waals surface area contributed by atoms with E-state index in [4.69, 9.17) is 5.73 Å². The lowest BCUT2D eigenvalue weighted by molar-refractivity contribution is -0.121. The molecule has 1 amide bonds. The smallest absolute Gasteiger partial charge is 0.221 e. The molecule has 1 aromatic rings. The summed E-state index contributed by atoms with van der Waals surface area (Å²) >= 11 is 0. The van der Waals surface area contributed by atoms with Crippen molar-refractivity contribution in [3.8, 4) is 0 Å². The van der Waals surface area contributed by atoms with Gasteiger partial charge in [-0.3, -0.25) is 4.79 Å². The van der Waals surface area contributed by atoms with Crippen LogP contribution in [0.1, 0.15) is 17.5 Å². The number of alkyl halides is 1. The Hall–Kier alpha value is -1.42. The fourth-order valence-electron chi connectivity index (χ4n) is 1.58. The number of nitrogens with one attached hydrogen (secondary N) is 1. The van der Waals surface area contributed by atoms with Crippen molar-refractivity contribution in [1.29, 1.82) is 0 Å². The third kappa shape index (κ3) is 4.95. The number of aryl methyl sites for hydroxylation is 1. The molecule has 0 heterocycles. The number of hydrogen-bond donors (Lipinski definition) is 2. The van der Waals surface area contributed by atoms with E-state index < -0.39 is 12.7 Å². The molecular formula is C13H19FN2O. The molecular weight excluding hydrogens is 219 g/mol. The Kier molecular flexibility index (Phi) is 5.63. The van der Waals surface area contributed by atoms with Crippen molar-refractivity contribution >= 4 is 5.91 Å². The van der Waals surface area contributed by atoms with Crippen molar-refractivity contribution in [2.24, 2.45) is 5.73 Å². The first-order valence-corrected chi connectivity index (χ1v) is 5.76. The van der Waals surface area contributed by atoms with Crippen LogP contribution in [0.4, 0.5) is 4.39 Å². The quantitative estimate of drug-likeness (QED) is 0.785. The van der Waals surface area contributed by atoms with Crippen LogP contribution in [0.5, 0.6) is 0 Å². The molecule has 0 bridgehead atoms. The normalized spacial score (nSPS) is 12.2. The minimum absolute atomic E-state index is 0.192. The van der Waals surface area contributed by atoms with Crippen LogP contribution >= 0.6 is 0 Å². The molecule has 0 spiro atoms. The van der Waals surface area contributed by atoms with Crippen molar-refractivity contribution in [3.05, 3.63) is 35.4 Å². The van der Waals surface area contributed by atoms with E-state index >= 15 is 0 Å². The maximum Gasteiger partial charge on any atom is 0.221 e. The van der Waals surface area contributed by atoms with Gasteiger partial charge in [-0.15, -0.1) is 0 Å². The average molecular weight is 238 g/mol. The highest BCUT2D eigenvalue weighted by Crippen LogP contribution is 2.06. The van der Waals surface area contributed by atoms with Crippen molar-refractivity contribution in [3.63, 3.8) is 0 Å². The standard InChI is InChI=1S/C13H19FN2O/c1-10-2-4-11(5-3-10)8-12(9-14)16-13(17)6-7-15/h2-5,12H,6-9,15H2,1H3,(H,16,17)/t12-/m0/s1. The molecule has 4 heteroatoms. The molecule has 0 fully saturated rings. The molecule has 94 valence electrons. The molecule has 0 aromatic heterocycles. The number of hydrogen-bond acceptors (Lipinski definition) is 2. The first-order valence-electron chi connectivity index (χ1n) is 5.76. The van der Waals surface area contributed by atoms with Gasteiger partial charge in [-0.1, -0.05) is 29.8 Å². The summed E-state index contributed by atoms with van der Waals surface area (Å²) in [4.78, 5) is 11.3. The van der Waals surface area contributed by atoms with E-state index in [2.05, 4.69) is 5.32 Å². The van der Waals surface area contributed by atoms with Gasteiger partial charge in [0, 0.05) is 13.0 Å². The maximum absolute atomic E-state index is 12.8. The molecule has 0 aliphatic carbocycles. The van der Waals surface area contributed by atoms with Crippen molar-refractivity contribution < 1.29 is 9.18 Å². The summed E-state index contributed by atoms with van der Waals surface area (Å²) in [5.41, 5.74) is 7.45. The zero-order valence-corrected chi connectivity index (χ0v) is 10.1. The lowest BCUT2D eigenvalue weighted by atomic mass is 10.1. The summed E-state index contributed by atoms with van der Waals surface area (Å²) in [7, 11) is 0. The highest BCUT2D eigenvalue weighted by molar-refractivity contribution is 5.76. The van der Waals surface area contributed by atoms with Gasteiger partial charge < -0.3 is 11.1 Å². The van der Waals surface area contributed by atoms with Crippen molar-refractivity contribution in [1.82, 2.24) is 5.32 Å². The van der Waals surface area contributed by atoms with Gasteiger partial charge in [0.05, 0.1) is 6.04 Å². The second-order valence-corrected chi connectivity index (χ2v) is 4.15. The summed E-state index contributed by atoms with van der Waals surface area (Å²) in [6.07, 6.45) is 0.748. The monoisotopic (exact) mass is 238 g/mol. The lowest BCUT2D eigenvalue weighted by Crippen LogP contribution is -2.38. The van der Waals surface area contributed by atoms with E-state index in [1.807, 2.05) is 31.2 Å². The maximum atomic E-state index is 12.8. The Morgan fingerprint density at radius 1 is 1.41 bits per heavy atom. The van der Waals surface area contributed by atoms with E-state index in [9.17, 15) is 9.18 Å². The number of carbonyl (C=O) groups excluding carboxylic acids is 1. The molecule has 17 heavy (non-hydrogen) atoms. The molecule has 1 aromatic carbocycles. The molecule has 1 atom stereocenters. The summed E-state index contributed by atoms with van der Waals surface area (Å²) in [5, 5.41) is 2.64. The van der Waals surface area contributed by atoms with E-state index in [0.717, 1.165) is 11.1 Å². The molecule has 0 saturated carbocycles. The number of halogens is 1. The predicted molar refractivity (Wildman–Crippen MR) is 66.5 cm³/mol. The molecule has 0 radical (unpaired) electrons. The van der Waals surface area contributed by atoms with Gasteiger partial charge in [0.15, 0.2) is 0 Å². The highest BCUT2D eigenvalue weighted by atomic mass is 19.1. The number of carbonyl (C=O) groups is 1. The average Bonchev–Trinajstić information content (AvgIpc) is 2.31. The molecule has 0 unspecified atom stereocenters. The second kappa shape index (κ2) is 7.01. The van der Waals surface area contributed by atoms with Crippen LogP contribution in [-0.4, -0.2) is 25.2 Å². The highest BCUT2D eigenvalue weighted by Gasteiger charge is 2.12. The van der Waals surface area contributed by atoms with Gasteiger partial charge in [0.1, 0.15) is 6.67 Å². The number of benzene rings is 1. The zero-order valence-electron chi connectivity index (χ0n) is 10.1. The van der Waals surface area contributed by atoms with Crippen LogP contribution in [0.2, 0.25) is 0 Å². The molecule has 3 N–H and O–H groups in total. The van der Waals surface area contributed by atoms with Crippen LogP contribution in [-0.2, 0) is 11.2 Å². The van der Waals surface area contributed by atoms with Gasteiger partial charge in [-0.05, 0) is 18.9 Å². The van der Waals surface area contributed by atoms with Gasteiger partial charge in [0.2, 0.25) is 5.91 Å². The molecule has 1 rings (SSSR count). The Morgan fingerprint density at radius 2 is 2.06 bits per heavy atom. The van der Waals surface area contributed by atoms with Crippen molar-refractivity contribution in [2.45, 2.75) is 25.8 Å². The van der Waals surface area contributed by atoms with E-state index in [0.29, 0.717) is 6.42 Å². The van der Waals surface area contributed by atoms with Gasteiger partial charge in [-0.25, -0.2) is 4.39 Å². The number of rotatable bonds is 6. The number of nitrogens with two attached hydrogens (primary N) is 1. The van der Waals surface area contributed by atoms with E-state index in [1.54, 1.807) is 0 Å². The lowest BCUT2D eigenvalue weighted by Gasteiger charge is -2.15. The Labute approximate surface area is 101 Å². The van der Waals surface area contributed by atoms with Crippen LogP contribution in [0.15, 0.2) is 24.3 Å². The van der Waals surface area contributed by atoms with Gasteiger partial charge >= 0.3 is 0 Å². The van der Waals surface area contributed by atoms with Gasteiger partial charge in [-0.2, -0.15) is 0 Å². The Bertz CT molecular complexity index is 351. The molecule has 0 aliphatic rings. The van der Waals surface area contributed by atoms with Gasteiger partial charge in [0.25, 0.3) is 0 Å². The zero-order chi connectivity index (χ0) is 12.7. The van der Waals surface area contributed by atoms with Crippen LogP contribution in [0, 0.1) is 6.92 Å². The van der Waals surface area contributed by atoms with Crippen LogP contribution in [0.25, 0.3) is 0 Å². The third-order valence-corrected chi connectivity index (χ3v) is 2.53. The largest absolute Gasteiger partial charge is 0.350 e. The third-order valence-electron chi connectivity index (χ3n) is 2.53. The van der Waals surface area contributed by atoms with E-state index in [-0.39, 0.29) is 18.9 Å². The first-order chi connectivity index (χ1) is 8.15. The molecule has 3 nitrogen and oxygen atoms in total. The number of amides is 1. The van der Waals surface area contributed by atoms with E-state index in [1.165, 1.54) is 0 Å². The predicted octanol–water partition coefficient (Wildman–Crippen LogP) is 1.34. The van der Waals surface area contributed by atoms with Crippen molar-refractivity contribution in [2.75, 3.05) is 13.2 Å². The Morgan fingerprint density at radius 3 is 2.59 bits per heavy atom. The molecule has 0 saturated heterocycles. The van der Waals surface area contributed by atoms with Crippen LogP contribution < -0.4 is 11.1 Å². The summed E-state index contributed by atoms with van der Waals surface area (Å²) < 4.78 is 12.8. The second-order valence-electron chi connectivity index (χ2n) is 4.15. The van der Waals surface area contributed by atoms with Crippen LogP contribution in [0.3, 0.4) is 0 Å². The fourth-order valence-corrected chi connectivity index (χ4v) is 1.58. The molecule has 0 aliphatic heterocycles. The summed E-state index contributed by atoms with van der Waals surface area (Å²) in [6, 6.07) is 7.40. The minimum atomic E-state index is -0.565. The topological polar surface area (TPSA) is 55.1 Å². The Balaban J connectivity index is 2.51. The first kappa shape index (κ1) is 13.6.